The van der Waals surface area contributed by atoms with Crippen molar-refractivity contribution in [3.8, 4) is 0 Å². The molecule has 0 aliphatic rings. The molecule has 15 heavy (non-hydrogen) atoms. The van der Waals surface area contributed by atoms with Crippen molar-refractivity contribution in [2.45, 2.75) is 4.90 Å². The van der Waals surface area contributed by atoms with Crippen molar-refractivity contribution in [3.05, 3.63) is 30.0 Å². The first-order valence-electron chi connectivity index (χ1n) is 4.12. The van der Waals surface area contributed by atoms with Gasteiger partial charge in [-0.2, -0.15) is 0 Å². The Hall–Kier alpha value is -1.66. The Morgan fingerprint density at radius 1 is 1.33 bits per heavy atom. The Kier molecular flexibility index (Phi) is 2.09. The molecule has 0 saturated heterocycles. The van der Waals surface area contributed by atoms with Gasteiger partial charge in [0.05, 0.1) is 5.52 Å². The van der Waals surface area contributed by atoms with Crippen LogP contribution < -0.4 is 5.14 Å². The van der Waals surface area contributed by atoms with Crippen LogP contribution in [0.4, 0.5) is 0 Å². The molecule has 0 aliphatic carbocycles. The van der Waals surface area contributed by atoms with E-state index in [9.17, 15) is 13.2 Å². The second-order valence-electron chi connectivity index (χ2n) is 3.09. The van der Waals surface area contributed by atoms with Crippen molar-refractivity contribution in [3.63, 3.8) is 0 Å². The number of rotatable bonds is 2. The Balaban J connectivity index is 2.89. The normalized spacial score (nSPS) is 11.8. The molecule has 2 aromatic rings. The van der Waals surface area contributed by atoms with Crippen LogP contribution in [0.1, 0.15) is 10.4 Å². The van der Waals surface area contributed by atoms with E-state index in [1.807, 2.05) is 0 Å². The second-order valence-corrected chi connectivity index (χ2v) is 4.62. The Bertz CT molecular complexity index is 628. The van der Waals surface area contributed by atoms with Crippen molar-refractivity contribution in [1.29, 1.82) is 0 Å². The number of hydrogen-bond donors (Lipinski definition) is 2. The summed E-state index contributed by atoms with van der Waals surface area (Å²) in [6.07, 6.45) is 1.94. The monoisotopic (exact) mass is 224 g/mol. The highest BCUT2D eigenvalue weighted by Crippen LogP contribution is 2.23. The Morgan fingerprint density at radius 2 is 2.07 bits per heavy atom. The van der Waals surface area contributed by atoms with E-state index in [0.29, 0.717) is 22.8 Å². The summed E-state index contributed by atoms with van der Waals surface area (Å²) in [7, 11) is -3.76. The zero-order valence-corrected chi connectivity index (χ0v) is 8.41. The van der Waals surface area contributed by atoms with Crippen LogP contribution in [-0.2, 0) is 10.0 Å². The van der Waals surface area contributed by atoms with Gasteiger partial charge in [-0.1, -0.05) is 12.1 Å². The highest BCUT2D eigenvalue weighted by atomic mass is 32.2. The summed E-state index contributed by atoms with van der Waals surface area (Å²) in [5, 5.41) is 5.46. The number of primary sulfonamides is 1. The second kappa shape index (κ2) is 3.18. The molecule has 0 aliphatic heterocycles. The number of aromatic amines is 1. The molecule has 0 atom stereocenters. The summed E-state index contributed by atoms with van der Waals surface area (Å²) in [6, 6.07) is 4.80. The van der Waals surface area contributed by atoms with Gasteiger partial charge in [-0.15, -0.1) is 0 Å². The summed E-state index contributed by atoms with van der Waals surface area (Å²) in [6.45, 7) is 0. The van der Waals surface area contributed by atoms with Gasteiger partial charge >= 0.3 is 0 Å². The Morgan fingerprint density at radius 3 is 2.67 bits per heavy atom. The molecule has 0 amide bonds. The molecule has 0 saturated carbocycles. The maximum atomic E-state index is 11.2. The summed E-state index contributed by atoms with van der Waals surface area (Å²) < 4.78 is 22.4. The van der Waals surface area contributed by atoms with Crippen molar-refractivity contribution in [1.82, 2.24) is 4.98 Å². The lowest BCUT2D eigenvalue weighted by Gasteiger charge is -1.96. The van der Waals surface area contributed by atoms with Crippen LogP contribution in [0.5, 0.6) is 0 Å². The molecular formula is C9H8N2O3S. The number of aldehydes is 1. The van der Waals surface area contributed by atoms with Gasteiger partial charge in [0, 0.05) is 17.1 Å². The maximum absolute atomic E-state index is 11.2. The molecule has 5 nitrogen and oxygen atoms in total. The van der Waals surface area contributed by atoms with Crippen LogP contribution in [0.2, 0.25) is 0 Å². The van der Waals surface area contributed by atoms with Gasteiger partial charge in [-0.3, -0.25) is 4.79 Å². The standard InChI is InChI=1S/C9H8N2O3S/c10-15(13,14)8-4-11-9-6(5-12)2-1-3-7(8)9/h1-5,11H,(H2,10,13,14). The Labute approximate surface area is 85.9 Å². The van der Waals surface area contributed by atoms with Crippen molar-refractivity contribution < 1.29 is 13.2 Å². The predicted molar refractivity (Wildman–Crippen MR) is 55.1 cm³/mol. The SMILES string of the molecule is NS(=O)(=O)c1c[nH]c2c(C=O)cccc12. The zero-order chi connectivity index (χ0) is 11.1. The van der Waals surface area contributed by atoms with E-state index in [2.05, 4.69) is 4.98 Å². The smallest absolute Gasteiger partial charge is 0.240 e. The number of nitrogens with one attached hydrogen (secondary N) is 1. The van der Waals surface area contributed by atoms with E-state index >= 15 is 0 Å². The van der Waals surface area contributed by atoms with Gasteiger partial charge in [0.1, 0.15) is 4.90 Å². The highest BCUT2D eigenvalue weighted by Gasteiger charge is 2.15. The van der Waals surface area contributed by atoms with Crippen LogP contribution in [0.3, 0.4) is 0 Å². The van der Waals surface area contributed by atoms with Gasteiger partial charge < -0.3 is 4.98 Å². The van der Waals surface area contributed by atoms with E-state index in [0.717, 1.165) is 0 Å². The number of carbonyl (C=O) groups excluding carboxylic acids is 1. The number of para-hydroxylation sites is 1. The van der Waals surface area contributed by atoms with Crippen molar-refractivity contribution in [2.24, 2.45) is 5.14 Å². The minimum absolute atomic E-state index is 0.00111. The average Bonchev–Trinajstić information content (AvgIpc) is 2.59. The van der Waals surface area contributed by atoms with Gasteiger partial charge in [-0.05, 0) is 6.07 Å². The van der Waals surface area contributed by atoms with Crippen LogP contribution in [0, 0.1) is 0 Å². The topological polar surface area (TPSA) is 93.0 Å². The van der Waals surface area contributed by atoms with Crippen LogP contribution in [0.15, 0.2) is 29.3 Å². The molecule has 0 fully saturated rings. The number of aromatic nitrogens is 1. The maximum Gasteiger partial charge on any atom is 0.240 e. The van der Waals surface area contributed by atoms with E-state index < -0.39 is 10.0 Å². The fourth-order valence-electron chi connectivity index (χ4n) is 1.49. The molecule has 78 valence electrons. The molecule has 1 aromatic carbocycles. The van der Waals surface area contributed by atoms with Gasteiger partial charge in [0.25, 0.3) is 0 Å². The number of fused-ring (bicyclic) bond motifs is 1. The minimum atomic E-state index is -3.76. The first-order chi connectivity index (χ1) is 7.04. The molecule has 0 unspecified atom stereocenters. The fraction of sp³-hybridized carbons (Fsp3) is 0. The average molecular weight is 224 g/mol. The van der Waals surface area contributed by atoms with E-state index in [1.165, 1.54) is 6.20 Å². The van der Waals surface area contributed by atoms with Crippen LogP contribution in [0.25, 0.3) is 10.9 Å². The van der Waals surface area contributed by atoms with E-state index in [4.69, 9.17) is 5.14 Å². The zero-order valence-electron chi connectivity index (χ0n) is 7.60. The van der Waals surface area contributed by atoms with E-state index in [-0.39, 0.29) is 4.90 Å². The molecule has 3 N–H and O–H groups in total. The summed E-state index contributed by atoms with van der Waals surface area (Å²) in [5.41, 5.74) is 0.888. The number of carbonyl (C=O) groups is 1. The third-order valence-electron chi connectivity index (χ3n) is 2.14. The number of benzene rings is 1. The fourth-order valence-corrected chi connectivity index (χ4v) is 2.19. The number of H-pyrrole nitrogens is 1. The van der Waals surface area contributed by atoms with Crippen molar-refractivity contribution >= 4 is 27.2 Å². The lowest BCUT2D eigenvalue weighted by atomic mass is 10.2. The molecule has 2 rings (SSSR count). The molecule has 0 radical (unpaired) electrons. The van der Waals surface area contributed by atoms with Gasteiger partial charge in [0.15, 0.2) is 6.29 Å². The van der Waals surface area contributed by atoms with E-state index in [1.54, 1.807) is 18.2 Å². The molecule has 1 aromatic heterocycles. The molecular weight excluding hydrogens is 216 g/mol. The molecule has 6 heteroatoms. The molecule has 0 bridgehead atoms. The van der Waals surface area contributed by atoms with Gasteiger partial charge in [-0.25, -0.2) is 13.6 Å². The lowest BCUT2D eigenvalue weighted by molar-refractivity contribution is 0.112. The lowest BCUT2D eigenvalue weighted by Crippen LogP contribution is -2.11. The number of nitrogens with two attached hydrogens (primary N) is 1. The first-order valence-corrected chi connectivity index (χ1v) is 5.67. The van der Waals surface area contributed by atoms with Crippen molar-refractivity contribution in [2.75, 3.05) is 0 Å². The summed E-state index contributed by atoms with van der Waals surface area (Å²) in [4.78, 5) is 13.4. The third kappa shape index (κ3) is 1.53. The molecule has 1 heterocycles. The quantitative estimate of drug-likeness (QED) is 0.732. The summed E-state index contributed by atoms with van der Waals surface area (Å²) >= 11 is 0. The minimum Gasteiger partial charge on any atom is -0.359 e. The predicted octanol–water partition coefficient (Wildman–Crippen LogP) is 0.628. The van der Waals surface area contributed by atoms with Crippen LogP contribution in [-0.4, -0.2) is 19.7 Å². The largest absolute Gasteiger partial charge is 0.359 e. The van der Waals surface area contributed by atoms with Gasteiger partial charge in [0.2, 0.25) is 10.0 Å². The number of sulfonamides is 1. The number of hydrogen-bond acceptors (Lipinski definition) is 3. The highest BCUT2D eigenvalue weighted by molar-refractivity contribution is 7.89. The molecule has 0 spiro atoms. The van der Waals surface area contributed by atoms with Crippen LogP contribution >= 0.6 is 0 Å². The third-order valence-corrected chi connectivity index (χ3v) is 3.09. The first kappa shape index (κ1) is 9.88. The summed E-state index contributed by atoms with van der Waals surface area (Å²) in [5.74, 6) is 0.